The van der Waals surface area contributed by atoms with E-state index in [-0.39, 0.29) is 28.5 Å². The normalized spacial score (nSPS) is 17.2. The Kier molecular flexibility index (Phi) is 7.88. The van der Waals surface area contributed by atoms with Gasteiger partial charge in [0.25, 0.3) is 0 Å². The maximum Gasteiger partial charge on any atom is 0.333 e. The van der Waals surface area contributed by atoms with Crippen molar-refractivity contribution >= 4 is 88.5 Å². The minimum absolute atomic E-state index is 0.0164. The molecule has 0 saturated carbocycles. The highest BCUT2D eigenvalue weighted by Crippen LogP contribution is 2.58. The van der Waals surface area contributed by atoms with Crippen LogP contribution in [0.3, 0.4) is 0 Å². The molecule has 0 saturated heterocycles. The number of anilines is 5. The average molecular weight is 859 g/mol. The van der Waals surface area contributed by atoms with Gasteiger partial charge in [-0.15, -0.1) is 11.3 Å². The van der Waals surface area contributed by atoms with Crippen LogP contribution in [-0.4, -0.2) is 6.85 Å². The number of benzene rings is 8. The summed E-state index contributed by atoms with van der Waals surface area (Å²) >= 11 is 1.98. The van der Waals surface area contributed by atoms with Gasteiger partial charge in [0.1, 0.15) is 0 Å². The van der Waals surface area contributed by atoms with Crippen LogP contribution in [0.4, 0.5) is 28.4 Å². The Morgan fingerprint density at radius 2 is 1.20 bits per heavy atom. The highest BCUT2D eigenvalue weighted by atomic mass is 32.1. The lowest BCUT2D eigenvalue weighted by Crippen LogP contribution is -2.63. The third-order valence-electron chi connectivity index (χ3n) is 16.2. The monoisotopic (exact) mass is 858 g/mol. The number of thiophene rings is 1. The minimum Gasteiger partial charge on any atom is -0.376 e. The van der Waals surface area contributed by atoms with Crippen LogP contribution in [0, 0.1) is 0 Å². The quantitative estimate of drug-likeness (QED) is 0.160. The van der Waals surface area contributed by atoms with E-state index in [0.29, 0.717) is 0 Å². The molecule has 0 spiro atoms. The number of fused-ring (bicyclic) bond motifs is 12. The number of para-hydroxylation sites is 2. The molecular formula is C61H55BN2S. The van der Waals surface area contributed by atoms with Gasteiger partial charge in [0.05, 0.1) is 5.69 Å². The highest BCUT2D eigenvalue weighted by molar-refractivity contribution is 7.26. The van der Waals surface area contributed by atoms with E-state index >= 15 is 0 Å². The van der Waals surface area contributed by atoms with Crippen molar-refractivity contribution in [1.82, 2.24) is 0 Å². The Balaban J connectivity index is 1.21. The number of rotatable bonds is 2. The maximum absolute atomic E-state index is 2.76. The Labute approximate surface area is 388 Å². The van der Waals surface area contributed by atoms with Crippen LogP contribution in [0.2, 0.25) is 0 Å². The molecule has 4 heterocycles. The summed E-state index contributed by atoms with van der Waals surface area (Å²) in [6.07, 6.45) is 2.41. The van der Waals surface area contributed by atoms with Crippen LogP contribution in [0.15, 0.2) is 146 Å². The first-order chi connectivity index (χ1) is 31.1. The highest BCUT2D eigenvalue weighted by Gasteiger charge is 2.51. The second-order valence-corrected chi connectivity index (χ2v) is 23.5. The van der Waals surface area contributed by atoms with E-state index in [2.05, 4.69) is 218 Å². The summed E-state index contributed by atoms with van der Waals surface area (Å²) in [5.41, 5.74) is 21.5. The van der Waals surface area contributed by atoms with Crippen LogP contribution >= 0.6 is 11.3 Å². The van der Waals surface area contributed by atoms with Gasteiger partial charge in [-0.1, -0.05) is 165 Å². The fraction of sp³-hybridized carbons (Fsp3) is 0.246. The van der Waals surface area contributed by atoms with Gasteiger partial charge in [0.2, 0.25) is 0 Å². The van der Waals surface area contributed by atoms with Gasteiger partial charge in [0.15, 0.2) is 0 Å². The fourth-order valence-corrected chi connectivity index (χ4v) is 13.7. The van der Waals surface area contributed by atoms with Gasteiger partial charge in [0, 0.05) is 59.5 Å². The van der Waals surface area contributed by atoms with Crippen LogP contribution in [0.5, 0.6) is 0 Å². The molecule has 0 bridgehead atoms. The second kappa shape index (κ2) is 13.0. The third kappa shape index (κ3) is 5.35. The molecule has 9 aromatic rings. The predicted molar refractivity (Wildman–Crippen MR) is 282 cm³/mol. The summed E-state index contributed by atoms with van der Waals surface area (Å²) in [4.78, 5) is 5.43. The molecule has 1 aliphatic carbocycles. The molecule has 3 aliphatic heterocycles. The van der Waals surface area contributed by atoms with Crippen molar-refractivity contribution in [1.29, 1.82) is 0 Å². The van der Waals surface area contributed by atoms with Gasteiger partial charge in [-0.3, -0.25) is 0 Å². The summed E-state index contributed by atoms with van der Waals surface area (Å²) in [5, 5.41) is 5.34. The van der Waals surface area contributed by atoms with Gasteiger partial charge in [-0.25, -0.2) is 0 Å². The molecule has 318 valence electrons. The summed E-state index contributed by atoms with van der Waals surface area (Å²) < 4.78 is 2.74. The molecule has 13 rings (SSSR count). The van der Waals surface area contributed by atoms with Gasteiger partial charge < -0.3 is 9.71 Å². The lowest BCUT2D eigenvalue weighted by Gasteiger charge is -2.51. The first-order valence-corrected chi connectivity index (χ1v) is 24.6. The van der Waals surface area contributed by atoms with E-state index in [0.717, 1.165) is 0 Å². The zero-order chi connectivity index (χ0) is 44.5. The lowest BCUT2D eigenvalue weighted by atomic mass is 9.42. The molecule has 1 aromatic heterocycles. The van der Waals surface area contributed by atoms with Crippen LogP contribution in [-0.2, 0) is 21.7 Å². The Bertz CT molecular complexity index is 3530. The van der Waals surface area contributed by atoms with Crippen LogP contribution in [0.1, 0.15) is 103 Å². The Hall–Kier alpha value is -6.10. The Morgan fingerprint density at radius 1 is 0.523 bits per heavy atom. The smallest absolute Gasteiger partial charge is 0.333 e. The molecule has 0 N–H and O–H groups in total. The topological polar surface area (TPSA) is 6.48 Å². The van der Waals surface area contributed by atoms with E-state index in [1.165, 1.54) is 133 Å². The van der Waals surface area contributed by atoms with Gasteiger partial charge in [-0.05, 0) is 132 Å². The summed E-state index contributed by atoms with van der Waals surface area (Å²) in [6, 6.07) is 56.8. The molecule has 4 heteroatoms. The van der Waals surface area contributed by atoms with Crippen molar-refractivity contribution in [2.24, 2.45) is 0 Å². The maximum atomic E-state index is 2.76. The second-order valence-electron chi connectivity index (χ2n) is 22.4. The van der Waals surface area contributed by atoms with Gasteiger partial charge in [-0.2, -0.15) is 0 Å². The third-order valence-corrected chi connectivity index (χ3v) is 17.3. The molecule has 4 aliphatic rings. The molecule has 65 heavy (non-hydrogen) atoms. The standard InChI is InChI=1S/C61H55BN2S/c1-58(2,3)38-26-27-49(41(31-38)36-18-11-10-12-19-36)63-51-35-54-43(42-32-46-47(34-53(42)65-54)60(6,7)29-28-59(46,4)5)33-48(51)62-56-52(63)30-37-20-13-14-21-39(37)55(56)40-22-17-24-45-57(40)64(62)50-25-16-15-23-44(50)61(45,8)9/h10-27,30-35H,28-29H2,1-9H3. The fourth-order valence-electron chi connectivity index (χ4n) is 12.5. The largest absolute Gasteiger partial charge is 0.376 e. The summed E-state index contributed by atoms with van der Waals surface area (Å²) in [7, 11) is 0. The SMILES string of the molecule is CC(C)(C)c1ccc(N2c3cc4sc5cc6c(cc5c4cc3B3c4c2cc2ccccc2c4-c2cccc4c2N3c2ccccc2C4(C)C)C(C)(C)CCC6(C)C)c(-c2ccccc2)c1. The molecule has 0 amide bonds. The lowest BCUT2D eigenvalue weighted by molar-refractivity contribution is 0.332. The van der Waals surface area contributed by atoms with Crippen molar-refractivity contribution in [2.75, 3.05) is 9.71 Å². The van der Waals surface area contributed by atoms with Crippen molar-refractivity contribution in [3.63, 3.8) is 0 Å². The first-order valence-electron chi connectivity index (χ1n) is 23.8. The average Bonchev–Trinajstić information content (AvgIpc) is 3.65. The van der Waals surface area contributed by atoms with Crippen LogP contribution in [0.25, 0.3) is 53.2 Å². The van der Waals surface area contributed by atoms with E-state index < -0.39 is 0 Å². The van der Waals surface area contributed by atoms with E-state index in [1.54, 1.807) is 0 Å². The number of hydrogen-bond acceptors (Lipinski definition) is 3. The van der Waals surface area contributed by atoms with E-state index in [9.17, 15) is 0 Å². The first kappa shape index (κ1) is 39.3. The van der Waals surface area contributed by atoms with E-state index in [1.807, 2.05) is 11.3 Å². The predicted octanol–water partition coefficient (Wildman–Crippen LogP) is 15.9. The number of hydrogen-bond donors (Lipinski definition) is 0. The molecule has 8 aromatic carbocycles. The molecule has 0 radical (unpaired) electrons. The summed E-state index contributed by atoms with van der Waals surface area (Å²) in [5.74, 6) is 0. The zero-order valence-electron chi connectivity index (χ0n) is 39.2. The van der Waals surface area contributed by atoms with Crippen LogP contribution < -0.4 is 20.6 Å². The molecule has 0 fully saturated rings. The van der Waals surface area contributed by atoms with Crippen molar-refractivity contribution in [3.8, 4) is 22.3 Å². The molecule has 0 unspecified atom stereocenters. The van der Waals surface area contributed by atoms with Crippen molar-refractivity contribution in [2.45, 2.75) is 96.8 Å². The minimum atomic E-state index is -0.181. The van der Waals surface area contributed by atoms with E-state index in [4.69, 9.17) is 0 Å². The van der Waals surface area contributed by atoms with Gasteiger partial charge >= 0.3 is 6.85 Å². The molecular weight excluding hydrogens is 804 g/mol. The van der Waals surface area contributed by atoms with Crippen molar-refractivity contribution in [3.05, 3.63) is 173 Å². The Morgan fingerprint density at radius 3 is 1.98 bits per heavy atom. The zero-order valence-corrected chi connectivity index (χ0v) is 40.0. The number of nitrogens with zero attached hydrogens (tertiary/aromatic N) is 2. The molecule has 2 nitrogen and oxygen atoms in total. The molecule has 0 atom stereocenters. The van der Waals surface area contributed by atoms with Crippen molar-refractivity contribution < 1.29 is 0 Å². The summed E-state index contributed by atoms with van der Waals surface area (Å²) in [6.45, 7) is 21.6.